The number of likely N-dealkylation sites (tertiary alicyclic amines) is 1. The molecule has 0 unspecified atom stereocenters. The molecule has 28 heavy (non-hydrogen) atoms. The molecule has 3 aliphatic rings. The number of piperidine rings is 1. The van der Waals surface area contributed by atoms with Crippen molar-refractivity contribution in [3.63, 3.8) is 0 Å². The van der Waals surface area contributed by atoms with E-state index in [0.29, 0.717) is 25.9 Å². The SMILES string of the molecule is [C-]#[N+]c1cc(F)c(F)c(N2CCC3(CC2)CCN(C2CCC(O)CC2)C3=O)c1. The van der Waals surface area contributed by atoms with Crippen molar-refractivity contribution in [2.75, 3.05) is 24.5 Å². The molecule has 5 nitrogen and oxygen atoms in total. The number of benzene rings is 1. The van der Waals surface area contributed by atoms with E-state index in [9.17, 15) is 18.7 Å². The number of carbonyl (C=O) groups is 1. The van der Waals surface area contributed by atoms with Gasteiger partial charge in [0.15, 0.2) is 17.3 Å². The van der Waals surface area contributed by atoms with E-state index in [0.717, 1.165) is 44.7 Å². The maximum Gasteiger partial charge on any atom is 0.229 e. The van der Waals surface area contributed by atoms with E-state index in [1.54, 1.807) is 4.90 Å². The Morgan fingerprint density at radius 1 is 1.07 bits per heavy atom. The molecule has 2 saturated heterocycles. The van der Waals surface area contributed by atoms with Gasteiger partial charge in [-0.2, -0.15) is 0 Å². The summed E-state index contributed by atoms with van der Waals surface area (Å²) in [6.07, 6.45) is 4.98. The van der Waals surface area contributed by atoms with Crippen LogP contribution >= 0.6 is 0 Å². The molecule has 1 amide bonds. The first-order valence-corrected chi connectivity index (χ1v) is 10.0. The van der Waals surface area contributed by atoms with E-state index in [-0.39, 0.29) is 29.4 Å². The monoisotopic (exact) mass is 389 g/mol. The molecule has 0 atom stereocenters. The number of rotatable bonds is 2. The van der Waals surface area contributed by atoms with Crippen LogP contribution < -0.4 is 4.90 Å². The largest absolute Gasteiger partial charge is 0.393 e. The summed E-state index contributed by atoms with van der Waals surface area (Å²) in [4.78, 5) is 20.2. The third-order valence-corrected chi connectivity index (χ3v) is 6.84. The molecule has 1 N–H and O–H groups in total. The first kappa shape index (κ1) is 19.1. The highest BCUT2D eigenvalue weighted by molar-refractivity contribution is 5.85. The van der Waals surface area contributed by atoms with Crippen LogP contribution in [0.4, 0.5) is 20.2 Å². The van der Waals surface area contributed by atoms with Gasteiger partial charge in [-0.15, -0.1) is 0 Å². The van der Waals surface area contributed by atoms with Gasteiger partial charge in [0, 0.05) is 25.7 Å². The average molecular weight is 389 g/mol. The fourth-order valence-electron chi connectivity index (χ4n) is 5.06. The number of amides is 1. The first-order valence-electron chi connectivity index (χ1n) is 10.0. The summed E-state index contributed by atoms with van der Waals surface area (Å²) in [5.41, 5.74) is -0.208. The van der Waals surface area contributed by atoms with Crippen molar-refractivity contribution >= 4 is 17.3 Å². The quantitative estimate of drug-likeness (QED) is 0.786. The Morgan fingerprint density at radius 3 is 2.36 bits per heavy atom. The highest BCUT2D eigenvalue weighted by Crippen LogP contribution is 2.45. The van der Waals surface area contributed by atoms with E-state index >= 15 is 0 Å². The Balaban J connectivity index is 1.45. The Bertz CT molecular complexity index is 807. The van der Waals surface area contributed by atoms with E-state index in [2.05, 4.69) is 4.85 Å². The van der Waals surface area contributed by atoms with Crippen LogP contribution in [-0.2, 0) is 4.79 Å². The Labute approximate surface area is 163 Å². The molecule has 0 aromatic heterocycles. The number of halogens is 2. The summed E-state index contributed by atoms with van der Waals surface area (Å²) in [5.74, 6) is -1.75. The number of nitrogens with zero attached hydrogens (tertiary/aromatic N) is 3. The van der Waals surface area contributed by atoms with Crippen molar-refractivity contribution in [1.82, 2.24) is 4.90 Å². The van der Waals surface area contributed by atoms with E-state index in [1.807, 2.05) is 4.90 Å². The molecule has 0 bridgehead atoms. The van der Waals surface area contributed by atoms with Crippen LogP contribution in [0.5, 0.6) is 0 Å². The van der Waals surface area contributed by atoms with Crippen molar-refractivity contribution in [3.8, 4) is 0 Å². The molecule has 1 aromatic rings. The van der Waals surface area contributed by atoms with Crippen molar-refractivity contribution in [3.05, 3.63) is 35.2 Å². The third-order valence-electron chi connectivity index (χ3n) is 6.84. The van der Waals surface area contributed by atoms with Gasteiger partial charge in [0.2, 0.25) is 5.91 Å². The lowest BCUT2D eigenvalue weighted by Gasteiger charge is -2.40. The molecule has 1 saturated carbocycles. The van der Waals surface area contributed by atoms with Crippen LogP contribution in [0, 0.1) is 23.6 Å². The van der Waals surface area contributed by atoms with Gasteiger partial charge in [-0.3, -0.25) is 4.79 Å². The van der Waals surface area contributed by atoms with Crippen LogP contribution in [-0.4, -0.2) is 47.7 Å². The number of aliphatic hydroxyl groups excluding tert-OH is 1. The van der Waals surface area contributed by atoms with Gasteiger partial charge in [0.05, 0.1) is 23.8 Å². The summed E-state index contributed by atoms with van der Waals surface area (Å²) in [7, 11) is 0. The number of aliphatic hydroxyl groups is 1. The number of anilines is 1. The molecule has 150 valence electrons. The minimum absolute atomic E-state index is 0.0804. The maximum absolute atomic E-state index is 14.3. The van der Waals surface area contributed by atoms with E-state index < -0.39 is 17.0 Å². The van der Waals surface area contributed by atoms with Gasteiger partial charge < -0.3 is 14.9 Å². The van der Waals surface area contributed by atoms with Crippen LogP contribution in [0.3, 0.4) is 0 Å². The summed E-state index contributed by atoms with van der Waals surface area (Å²) >= 11 is 0. The molecule has 2 aliphatic heterocycles. The molecule has 4 rings (SSSR count). The smallest absolute Gasteiger partial charge is 0.229 e. The summed E-state index contributed by atoms with van der Waals surface area (Å²) < 4.78 is 28.1. The lowest BCUT2D eigenvalue weighted by atomic mass is 9.77. The van der Waals surface area contributed by atoms with Crippen LogP contribution in [0.15, 0.2) is 12.1 Å². The zero-order valence-corrected chi connectivity index (χ0v) is 15.8. The second-order valence-electron chi connectivity index (χ2n) is 8.35. The Kier molecular flexibility index (Phi) is 5.00. The Morgan fingerprint density at radius 2 is 1.71 bits per heavy atom. The second kappa shape index (κ2) is 7.32. The summed E-state index contributed by atoms with van der Waals surface area (Å²) in [6, 6.07) is 2.52. The van der Waals surface area contributed by atoms with E-state index in [4.69, 9.17) is 6.57 Å². The van der Waals surface area contributed by atoms with Crippen molar-refractivity contribution in [2.24, 2.45) is 5.41 Å². The minimum Gasteiger partial charge on any atom is -0.393 e. The van der Waals surface area contributed by atoms with Gasteiger partial charge in [-0.05, 0) is 57.1 Å². The highest BCUT2D eigenvalue weighted by Gasteiger charge is 2.50. The predicted molar refractivity (Wildman–Crippen MR) is 101 cm³/mol. The highest BCUT2D eigenvalue weighted by atomic mass is 19.2. The average Bonchev–Trinajstić information content (AvgIpc) is 3.01. The predicted octanol–water partition coefficient (Wildman–Crippen LogP) is 3.64. The summed E-state index contributed by atoms with van der Waals surface area (Å²) in [5, 5.41) is 9.71. The normalized spacial score (nSPS) is 27.3. The van der Waals surface area contributed by atoms with Crippen molar-refractivity contribution in [1.29, 1.82) is 0 Å². The fourth-order valence-corrected chi connectivity index (χ4v) is 5.06. The molecule has 1 spiro atoms. The molecule has 3 fully saturated rings. The number of carbonyl (C=O) groups excluding carboxylic acids is 1. The molecule has 0 radical (unpaired) electrons. The molecule has 1 aromatic carbocycles. The molecule has 7 heteroatoms. The second-order valence-corrected chi connectivity index (χ2v) is 8.35. The van der Waals surface area contributed by atoms with E-state index in [1.165, 1.54) is 6.07 Å². The summed E-state index contributed by atoms with van der Waals surface area (Å²) in [6.45, 7) is 8.75. The van der Waals surface area contributed by atoms with Gasteiger partial charge >= 0.3 is 0 Å². The van der Waals surface area contributed by atoms with Gasteiger partial charge in [-0.1, -0.05) is 0 Å². The van der Waals surface area contributed by atoms with Crippen molar-refractivity contribution in [2.45, 2.75) is 57.1 Å². The molecule has 2 heterocycles. The lowest BCUT2D eigenvalue weighted by molar-refractivity contribution is -0.139. The van der Waals surface area contributed by atoms with Crippen LogP contribution in [0.2, 0.25) is 0 Å². The zero-order valence-electron chi connectivity index (χ0n) is 15.8. The third kappa shape index (κ3) is 3.24. The maximum atomic E-state index is 14.3. The fraction of sp³-hybridized carbons (Fsp3) is 0.619. The van der Waals surface area contributed by atoms with Gasteiger partial charge in [0.25, 0.3) is 0 Å². The van der Waals surface area contributed by atoms with Gasteiger partial charge in [-0.25, -0.2) is 13.6 Å². The van der Waals surface area contributed by atoms with Crippen LogP contribution in [0.1, 0.15) is 44.9 Å². The topological polar surface area (TPSA) is 48.1 Å². The standard InChI is InChI=1S/C21H25F2N3O2/c1-24-14-12-17(22)19(23)18(13-14)25-9-6-21(7-10-25)8-11-26(20(21)28)15-2-4-16(27)5-3-15/h12-13,15-16,27H,2-11H2. The van der Waals surface area contributed by atoms with Crippen molar-refractivity contribution < 1.29 is 18.7 Å². The van der Waals surface area contributed by atoms with Crippen LogP contribution in [0.25, 0.3) is 4.85 Å². The number of hydrogen-bond acceptors (Lipinski definition) is 3. The zero-order chi connectivity index (χ0) is 19.9. The Hall–Kier alpha value is -2.20. The lowest BCUT2D eigenvalue weighted by Crippen LogP contribution is -2.47. The number of hydrogen-bond donors (Lipinski definition) is 1. The first-order chi connectivity index (χ1) is 13.4. The molecule has 1 aliphatic carbocycles. The molecular weight excluding hydrogens is 364 g/mol. The minimum atomic E-state index is -1.01. The van der Waals surface area contributed by atoms with Gasteiger partial charge in [0.1, 0.15) is 0 Å². The molecular formula is C21H25F2N3O2.